The zero-order valence-corrected chi connectivity index (χ0v) is 12.7. The smallest absolute Gasteiger partial charge is 0.165 e. The molecule has 0 aliphatic rings. The Labute approximate surface area is 128 Å². The van der Waals surface area contributed by atoms with E-state index in [1.165, 1.54) is 13.2 Å². The van der Waals surface area contributed by atoms with Crippen molar-refractivity contribution in [2.45, 2.75) is 12.5 Å². The largest absolute Gasteiger partial charge is 0.496 e. The van der Waals surface area contributed by atoms with E-state index in [-0.39, 0.29) is 11.8 Å². The first-order valence-corrected chi connectivity index (χ1v) is 6.84. The number of halogens is 2. The van der Waals surface area contributed by atoms with E-state index in [2.05, 4.69) is 0 Å². The van der Waals surface area contributed by atoms with Crippen molar-refractivity contribution in [3.63, 3.8) is 0 Å². The van der Waals surface area contributed by atoms with Crippen LogP contribution in [0, 0.1) is 5.82 Å². The molecule has 2 rings (SSSR count). The first-order chi connectivity index (χ1) is 10.0. The molecule has 2 aromatic carbocycles. The lowest BCUT2D eigenvalue weighted by atomic mass is 9.99. The van der Waals surface area contributed by atoms with Gasteiger partial charge in [-0.1, -0.05) is 17.7 Å². The zero-order valence-electron chi connectivity index (χ0n) is 11.9. The van der Waals surface area contributed by atoms with Crippen LogP contribution in [-0.4, -0.2) is 14.2 Å². The third-order valence-corrected chi connectivity index (χ3v) is 3.52. The van der Waals surface area contributed by atoms with Gasteiger partial charge in [0.2, 0.25) is 0 Å². The molecule has 0 saturated carbocycles. The fraction of sp³-hybridized carbons (Fsp3) is 0.250. The van der Waals surface area contributed by atoms with Crippen molar-refractivity contribution in [2.75, 3.05) is 14.2 Å². The predicted molar refractivity (Wildman–Crippen MR) is 81.6 cm³/mol. The molecule has 0 amide bonds. The van der Waals surface area contributed by atoms with Crippen molar-refractivity contribution < 1.29 is 13.9 Å². The maximum atomic E-state index is 13.7. The summed E-state index contributed by atoms with van der Waals surface area (Å²) in [6.45, 7) is 0. The number of nitrogens with two attached hydrogens (primary N) is 1. The van der Waals surface area contributed by atoms with Crippen molar-refractivity contribution in [1.82, 2.24) is 0 Å². The van der Waals surface area contributed by atoms with E-state index >= 15 is 0 Å². The van der Waals surface area contributed by atoms with Crippen molar-refractivity contribution in [3.8, 4) is 11.5 Å². The van der Waals surface area contributed by atoms with Gasteiger partial charge in [0.25, 0.3) is 0 Å². The summed E-state index contributed by atoms with van der Waals surface area (Å²) in [5.41, 5.74) is 7.73. The van der Waals surface area contributed by atoms with Crippen LogP contribution in [0.1, 0.15) is 17.2 Å². The second-order valence-electron chi connectivity index (χ2n) is 4.66. The number of ether oxygens (including phenoxy) is 2. The van der Waals surface area contributed by atoms with Crippen molar-refractivity contribution in [3.05, 3.63) is 58.4 Å². The molecule has 0 saturated heterocycles. The second-order valence-corrected chi connectivity index (χ2v) is 5.10. The normalized spacial score (nSPS) is 12.0. The number of methoxy groups -OCH3 is 2. The first-order valence-electron chi connectivity index (χ1n) is 6.46. The van der Waals surface area contributed by atoms with Crippen LogP contribution in [0.4, 0.5) is 4.39 Å². The molecule has 1 unspecified atom stereocenters. The van der Waals surface area contributed by atoms with Gasteiger partial charge in [0.05, 0.1) is 14.2 Å². The molecule has 2 aromatic rings. The molecule has 1 atom stereocenters. The average molecular weight is 310 g/mol. The monoisotopic (exact) mass is 309 g/mol. The predicted octanol–water partition coefficient (Wildman–Crippen LogP) is 3.74. The highest BCUT2D eigenvalue weighted by Crippen LogP contribution is 2.28. The fourth-order valence-electron chi connectivity index (χ4n) is 2.17. The van der Waals surface area contributed by atoms with Gasteiger partial charge in [0, 0.05) is 11.1 Å². The highest BCUT2D eigenvalue weighted by molar-refractivity contribution is 6.30. The van der Waals surface area contributed by atoms with Crippen molar-refractivity contribution in [2.24, 2.45) is 5.73 Å². The van der Waals surface area contributed by atoms with E-state index in [0.29, 0.717) is 22.8 Å². The molecule has 112 valence electrons. The van der Waals surface area contributed by atoms with Crippen LogP contribution in [0.3, 0.4) is 0 Å². The van der Waals surface area contributed by atoms with Gasteiger partial charge < -0.3 is 15.2 Å². The summed E-state index contributed by atoms with van der Waals surface area (Å²) in [7, 11) is 3.01. The summed E-state index contributed by atoms with van der Waals surface area (Å²) in [5, 5.41) is 0.610. The van der Waals surface area contributed by atoms with Gasteiger partial charge in [-0.3, -0.25) is 0 Å². The number of hydrogen-bond acceptors (Lipinski definition) is 3. The Bertz CT molecular complexity index is 634. The summed E-state index contributed by atoms with van der Waals surface area (Å²) in [6, 6.07) is 9.70. The van der Waals surface area contributed by atoms with Gasteiger partial charge >= 0.3 is 0 Å². The number of hydrogen-bond donors (Lipinski definition) is 1. The first kappa shape index (κ1) is 15.6. The Hall–Kier alpha value is -1.78. The lowest BCUT2D eigenvalue weighted by Crippen LogP contribution is -2.14. The highest BCUT2D eigenvalue weighted by Gasteiger charge is 2.13. The highest BCUT2D eigenvalue weighted by atomic mass is 35.5. The van der Waals surface area contributed by atoms with Gasteiger partial charge in [0.15, 0.2) is 11.6 Å². The van der Waals surface area contributed by atoms with Crippen LogP contribution in [0.2, 0.25) is 5.02 Å². The Balaban J connectivity index is 2.23. The molecule has 0 bridgehead atoms. The second kappa shape index (κ2) is 6.78. The van der Waals surface area contributed by atoms with Gasteiger partial charge in [-0.15, -0.1) is 0 Å². The number of rotatable bonds is 5. The van der Waals surface area contributed by atoms with Crippen molar-refractivity contribution >= 4 is 11.6 Å². The standard InChI is InChI=1S/C16H17ClFNO2/c1-20-15-6-4-12(17)7-11(15)9-14(19)10-3-5-16(21-2)13(18)8-10/h3-8,14H,9,19H2,1-2H3. The van der Waals surface area contributed by atoms with Crippen LogP contribution in [0.25, 0.3) is 0 Å². The van der Waals surface area contributed by atoms with E-state index in [1.807, 2.05) is 0 Å². The third kappa shape index (κ3) is 3.65. The average Bonchev–Trinajstić information content (AvgIpc) is 2.47. The van der Waals surface area contributed by atoms with Crippen molar-refractivity contribution in [1.29, 1.82) is 0 Å². The molecule has 0 aromatic heterocycles. The lowest BCUT2D eigenvalue weighted by molar-refractivity contribution is 0.385. The molecular weight excluding hydrogens is 293 g/mol. The summed E-state index contributed by atoms with van der Waals surface area (Å²) in [6.07, 6.45) is 0.496. The molecule has 0 heterocycles. The molecule has 2 N–H and O–H groups in total. The minimum atomic E-state index is -0.427. The van der Waals surface area contributed by atoms with Gasteiger partial charge in [-0.05, 0) is 47.9 Å². The van der Waals surface area contributed by atoms with E-state index in [0.717, 1.165) is 5.56 Å². The van der Waals surface area contributed by atoms with Gasteiger partial charge in [-0.25, -0.2) is 4.39 Å². The topological polar surface area (TPSA) is 44.5 Å². The SMILES string of the molecule is COc1ccc(C(N)Cc2cc(Cl)ccc2OC)cc1F. The molecule has 5 heteroatoms. The molecule has 0 spiro atoms. The van der Waals surface area contributed by atoms with Crippen LogP contribution in [-0.2, 0) is 6.42 Å². The zero-order chi connectivity index (χ0) is 15.4. The molecule has 0 aliphatic carbocycles. The van der Waals surface area contributed by atoms with E-state index in [4.69, 9.17) is 26.8 Å². The molecule has 0 radical (unpaired) electrons. The Morgan fingerprint density at radius 3 is 2.38 bits per heavy atom. The summed E-state index contributed by atoms with van der Waals surface area (Å²) in [4.78, 5) is 0. The molecule has 0 aliphatic heterocycles. The molecular formula is C16H17ClFNO2. The van der Waals surface area contributed by atoms with E-state index in [1.54, 1.807) is 37.4 Å². The van der Waals surface area contributed by atoms with Crippen LogP contribution >= 0.6 is 11.6 Å². The fourth-order valence-corrected chi connectivity index (χ4v) is 2.37. The maximum Gasteiger partial charge on any atom is 0.165 e. The lowest BCUT2D eigenvalue weighted by Gasteiger charge is -2.15. The molecule has 0 fully saturated rings. The summed E-state index contributed by atoms with van der Waals surface area (Å²) >= 11 is 6.00. The van der Waals surface area contributed by atoms with E-state index < -0.39 is 5.82 Å². The summed E-state index contributed by atoms with van der Waals surface area (Å²) in [5.74, 6) is 0.485. The molecule has 3 nitrogen and oxygen atoms in total. The Morgan fingerprint density at radius 2 is 1.76 bits per heavy atom. The van der Waals surface area contributed by atoms with Crippen LogP contribution in [0.5, 0.6) is 11.5 Å². The maximum absolute atomic E-state index is 13.7. The molecule has 21 heavy (non-hydrogen) atoms. The number of benzene rings is 2. The minimum absolute atomic E-state index is 0.200. The Kier molecular flexibility index (Phi) is 5.04. The quantitative estimate of drug-likeness (QED) is 0.915. The van der Waals surface area contributed by atoms with Crippen LogP contribution < -0.4 is 15.2 Å². The van der Waals surface area contributed by atoms with Crippen LogP contribution in [0.15, 0.2) is 36.4 Å². The minimum Gasteiger partial charge on any atom is -0.496 e. The third-order valence-electron chi connectivity index (χ3n) is 3.29. The van der Waals surface area contributed by atoms with E-state index in [9.17, 15) is 4.39 Å². The Morgan fingerprint density at radius 1 is 1.10 bits per heavy atom. The van der Waals surface area contributed by atoms with Gasteiger partial charge in [0.1, 0.15) is 5.75 Å². The van der Waals surface area contributed by atoms with Gasteiger partial charge in [-0.2, -0.15) is 0 Å². The summed E-state index contributed by atoms with van der Waals surface area (Å²) < 4.78 is 23.9.